The molecule has 0 aliphatic carbocycles. The number of benzene rings is 1. The molecular weight excluding hydrogens is 190 g/mol. The largest absolute Gasteiger partial charge is 0.480 e. The van der Waals surface area contributed by atoms with Crippen LogP contribution in [-0.4, -0.2) is 17.6 Å². The van der Waals surface area contributed by atoms with Crippen LogP contribution in [0.25, 0.3) is 0 Å². The second kappa shape index (κ2) is 4.14. The molecule has 0 fully saturated rings. The van der Waals surface area contributed by atoms with Gasteiger partial charge in [-0.2, -0.15) is 0 Å². The number of carbonyl (C=O) groups is 1. The normalized spacial score (nSPS) is 9.69. The molecule has 0 unspecified atom stereocenters. The summed E-state index contributed by atoms with van der Waals surface area (Å²) < 4.78 is 0. The van der Waals surface area contributed by atoms with E-state index in [4.69, 9.17) is 16.7 Å². The van der Waals surface area contributed by atoms with Crippen molar-refractivity contribution < 1.29 is 9.90 Å². The van der Waals surface area contributed by atoms with Crippen LogP contribution in [-0.2, 0) is 4.79 Å². The summed E-state index contributed by atoms with van der Waals surface area (Å²) in [5.74, 6) is -0.880. The van der Waals surface area contributed by atoms with E-state index in [2.05, 4.69) is 5.32 Å². The van der Waals surface area contributed by atoms with Crippen LogP contribution < -0.4 is 5.32 Å². The third-order valence-electron chi connectivity index (χ3n) is 1.62. The number of carboxylic acids is 1. The van der Waals surface area contributed by atoms with E-state index in [-0.39, 0.29) is 6.54 Å². The number of aliphatic carboxylic acids is 1. The molecule has 1 aromatic rings. The summed E-state index contributed by atoms with van der Waals surface area (Å²) in [5, 5.41) is 11.9. The predicted molar refractivity (Wildman–Crippen MR) is 52.3 cm³/mol. The maximum Gasteiger partial charge on any atom is 0.322 e. The molecule has 0 aromatic heterocycles. The van der Waals surface area contributed by atoms with Gasteiger partial charge in [-0.25, -0.2) is 0 Å². The first-order valence-corrected chi connectivity index (χ1v) is 4.19. The molecule has 0 aliphatic rings. The number of rotatable bonds is 3. The van der Waals surface area contributed by atoms with Crippen molar-refractivity contribution in [2.45, 2.75) is 6.92 Å². The zero-order valence-electron chi connectivity index (χ0n) is 7.17. The van der Waals surface area contributed by atoms with Crippen molar-refractivity contribution in [2.24, 2.45) is 0 Å². The number of anilines is 1. The summed E-state index contributed by atoms with van der Waals surface area (Å²) in [6.45, 7) is 1.79. The first-order valence-electron chi connectivity index (χ1n) is 3.81. The highest BCUT2D eigenvalue weighted by atomic mass is 35.5. The molecule has 70 valence electrons. The van der Waals surface area contributed by atoms with Gasteiger partial charge < -0.3 is 10.4 Å². The van der Waals surface area contributed by atoms with E-state index < -0.39 is 5.97 Å². The Hall–Kier alpha value is -1.22. The van der Waals surface area contributed by atoms with Crippen molar-refractivity contribution in [3.8, 4) is 0 Å². The van der Waals surface area contributed by atoms with Crippen molar-refractivity contribution in [3.05, 3.63) is 28.8 Å². The van der Waals surface area contributed by atoms with Gasteiger partial charge in [0, 0.05) is 10.7 Å². The summed E-state index contributed by atoms with van der Waals surface area (Å²) in [6.07, 6.45) is 0. The summed E-state index contributed by atoms with van der Waals surface area (Å²) in [6, 6.07) is 5.27. The highest BCUT2D eigenvalue weighted by Gasteiger charge is 2.00. The van der Waals surface area contributed by atoms with Gasteiger partial charge in [-0.05, 0) is 30.7 Å². The number of carboxylic acid groups (broad SMARTS) is 1. The van der Waals surface area contributed by atoms with Gasteiger partial charge in [-0.15, -0.1) is 0 Å². The Morgan fingerprint density at radius 2 is 2.31 bits per heavy atom. The van der Waals surface area contributed by atoms with Crippen LogP contribution in [0, 0.1) is 6.92 Å². The molecule has 1 rings (SSSR count). The van der Waals surface area contributed by atoms with E-state index in [0.717, 1.165) is 11.3 Å². The first-order chi connectivity index (χ1) is 6.09. The van der Waals surface area contributed by atoms with E-state index in [0.29, 0.717) is 5.02 Å². The van der Waals surface area contributed by atoms with Crippen LogP contribution in [0.4, 0.5) is 5.69 Å². The maximum absolute atomic E-state index is 10.3. The number of aryl methyl sites for hydroxylation is 1. The van der Waals surface area contributed by atoms with Crippen molar-refractivity contribution in [3.63, 3.8) is 0 Å². The fraction of sp³-hybridized carbons (Fsp3) is 0.222. The maximum atomic E-state index is 10.3. The quantitative estimate of drug-likeness (QED) is 0.784. The lowest BCUT2D eigenvalue weighted by molar-refractivity contribution is -0.134. The smallest absolute Gasteiger partial charge is 0.322 e. The highest BCUT2D eigenvalue weighted by Crippen LogP contribution is 2.18. The zero-order chi connectivity index (χ0) is 9.84. The molecule has 13 heavy (non-hydrogen) atoms. The Kier molecular flexibility index (Phi) is 3.14. The van der Waals surface area contributed by atoms with Crippen LogP contribution in [0.2, 0.25) is 5.02 Å². The van der Waals surface area contributed by atoms with Gasteiger partial charge in [0.2, 0.25) is 0 Å². The van der Waals surface area contributed by atoms with E-state index >= 15 is 0 Å². The molecule has 0 aliphatic heterocycles. The molecule has 4 heteroatoms. The third kappa shape index (κ3) is 2.95. The first kappa shape index (κ1) is 9.86. The van der Waals surface area contributed by atoms with E-state index in [1.54, 1.807) is 18.2 Å². The molecule has 0 saturated heterocycles. The van der Waals surface area contributed by atoms with Crippen LogP contribution in [0.1, 0.15) is 5.56 Å². The number of hydrogen-bond acceptors (Lipinski definition) is 2. The Labute approximate surface area is 81.3 Å². The number of nitrogens with one attached hydrogen (secondary N) is 1. The lowest BCUT2D eigenvalue weighted by atomic mass is 10.2. The Morgan fingerprint density at radius 1 is 1.62 bits per heavy atom. The molecule has 3 nitrogen and oxygen atoms in total. The van der Waals surface area contributed by atoms with Crippen LogP contribution in [0.3, 0.4) is 0 Å². The predicted octanol–water partition coefficient (Wildman–Crippen LogP) is 2.14. The molecule has 0 spiro atoms. The van der Waals surface area contributed by atoms with E-state index in [1.165, 1.54) is 0 Å². The average Bonchev–Trinajstić information content (AvgIpc) is 2.02. The van der Waals surface area contributed by atoms with Gasteiger partial charge in [-0.3, -0.25) is 4.79 Å². The minimum Gasteiger partial charge on any atom is -0.480 e. The van der Waals surface area contributed by atoms with Crippen molar-refractivity contribution in [2.75, 3.05) is 11.9 Å². The number of halogens is 1. The molecule has 0 bridgehead atoms. The van der Waals surface area contributed by atoms with Crippen LogP contribution in [0.5, 0.6) is 0 Å². The zero-order valence-corrected chi connectivity index (χ0v) is 7.93. The molecule has 1 aromatic carbocycles. The SMILES string of the molecule is Cc1cc(Cl)ccc1NCC(=O)O. The molecular formula is C9H10ClNO2. The van der Waals surface area contributed by atoms with Crippen molar-refractivity contribution >= 4 is 23.3 Å². The molecule has 0 radical (unpaired) electrons. The van der Waals surface area contributed by atoms with E-state index in [1.807, 2.05) is 6.92 Å². The second-order valence-corrected chi connectivity index (χ2v) is 3.14. The lowest BCUT2D eigenvalue weighted by Crippen LogP contribution is -2.12. The minimum absolute atomic E-state index is 0.0809. The Morgan fingerprint density at radius 3 is 2.85 bits per heavy atom. The van der Waals surface area contributed by atoms with Gasteiger partial charge >= 0.3 is 5.97 Å². The molecule has 0 atom stereocenters. The summed E-state index contributed by atoms with van der Waals surface area (Å²) in [4.78, 5) is 10.3. The monoisotopic (exact) mass is 199 g/mol. The molecule has 0 amide bonds. The highest BCUT2D eigenvalue weighted by molar-refractivity contribution is 6.30. The molecule has 0 saturated carbocycles. The van der Waals surface area contributed by atoms with Crippen molar-refractivity contribution in [1.82, 2.24) is 0 Å². The average molecular weight is 200 g/mol. The van der Waals surface area contributed by atoms with Crippen LogP contribution in [0.15, 0.2) is 18.2 Å². The fourth-order valence-electron chi connectivity index (χ4n) is 0.996. The summed E-state index contributed by atoms with van der Waals surface area (Å²) in [5.41, 5.74) is 1.74. The topological polar surface area (TPSA) is 49.3 Å². The number of hydrogen-bond donors (Lipinski definition) is 2. The lowest BCUT2D eigenvalue weighted by Gasteiger charge is -2.06. The van der Waals surface area contributed by atoms with Crippen molar-refractivity contribution in [1.29, 1.82) is 0 Å². The molecule has 0 heterocycles. The van der Waals surface area contributed by atoms with Gasteiger partial charge in [0.15, 0.2) is 0 Å². The summed E-state index contributed by atoms with van der Waals surface area (Å²) >= 11 is 5.74. The third-order valence-corrected chi connectivity index (χ3v) is 1.85. The van der Waals surface area contributed by atoms with Gasteiger partial charge in [0.25, 0.3) is 0 Å². The van der Waals surface area contributed by atoms with Gasteiger partial charge in [0.1, 0.15) is 6.54 Å². The van der Waals surface area contributed by atoms with Gasteiger partial charge in [-0.1, -0.05) is 11.6 Å². The second-order valence-electron chi connectivity index (χ2n) is 2.71. The fourth-order valence-corrected chi connectivity index (χ4v) is 1.22. The Bertz CT molecular complexity index is 325. The van der Waals surface area contributed by atoms with E-state index in [9.17, 15) is 4.79 Å². The molecule has 2 N–H and O–H groups in total. The van der Waals surface area contributed by atoms with Crippen LogP contribution >= 0.6 is 11.6 Å². The van der Waals surface area contributed by atoms with Gasteiger partial charge in [0.05, 0.1) is 0 Å². The standard InChI is InChI=1S/C9H10ClNO2/c1-6-4-7(10)2-3-8(6)11-5-9(12)13/h2-4,11H,5H2,1H3,(H,12,13). The minimum atomic E-state index is -0.880. The summed E-state index contributed by atoms with van der Waals surface area (Å²) in [7, 11) is 0. The Balaban J connectivity index is 2.72.